The fraction of sp³-hybridized carbons (Fsp3) is 0.360. The van der Waals surface area contributed by atoms with Crippen LogP contribution >= 0.6 is 11.1 Å². The number of fused-ring (bicyclic) bond motifs is 2. The first kappa shape index (κ1) is 48.9. The van der Waals surface area contributed by atoms with Crippen LogP contribution in [-0.2, 0) is 39.7 Å². The van der Waals surface area contributed by atoms with Gasteiger partial charge in [-0.2, -0.15) is 11.1 Å². The van der Waals surface area contributed by atoms with Crippen molar-refractivity contribution in [3.05, 3.63) is 132 Å². The fourth-order valence-corrected chi connectivity index (χ4v) is 7.34. The number of hydrogen-bond acceptors (Lipinski definition) is 6. The van der Waals surface area contributed by atoms with Crippen LogP contribution in [0.15, 0.2) is 109 Å². The Morgan fingerprint density at radius 2 is 0.984 bits per heavy atom. The van der Waals surface area contributed by atoms with Crippen LogP contribution in [0, 0.1) is 0 Å². The average Bonchev–Trinajstić information content (AvgIpc) is 3.17. The molecule has 3 N–H and O–H groups in total. The topological polar surface area (TPSA) is 130 Å². The molecule has 2 heterocycles. The van der Waals surface area contributed by atoms with E-state index in [4.69, 9.17) is 15.5 Å². The highest BCUT2D eigenvalue weighted by Gasteiger charge is 2.37. The number of halogens is 1. The maximum atomic E-state index is 11.4. The van der Waals surface area contributed by atoms with E-state index >= 15 is 0 Å². The summed E-state index contributed by atoms with van der Waals surface area (Å²) in [4.78, 5) is 31.8. The lowest BCUT2D eigenvalue weighted by Crippen LogP contribution is -2.41. The van der Waals surface area contributed by atoms with Crippen LogP contribution in [0.5, 0.6) is 0 Å². The van der Waals surface area contributed by atoms with Gasteiger partial charge in [0.1, 0.15) is 0 Å². The summed E-state index contributed by atoms with van der Waals surface area (Å²) in [5.41, 5.74) is 9.09. The monoisotopic (exact) mass is 878 g/mol. The Bertz CT molecular complexity index is 2390. The predicted octanol–water partition coefficient (Wildman–Crippen LogP) is 12.4. The number of carbonyl (C=O) groups is 2. The minimum Gasteiger partial charge on any atom is -0.481 e. The standard InChI is InChI=1S/C25H31NO3Si.C19H17NO3.C6H15ClSi/c1-25(2,3)30(4,5)29-15-14-19-12-9-13-21-23(18-10-7-6-8-11-18)20(16-22(27)28)17-26-24(19)21;21-10-9-14-7-4-8-16-18(13-5-2-1-3-6-13)15(11-17(22)23)12-20-19(14)16;1-6(2,3)8(4,5)7/h6-13,17H,14-16H2,1-5H3,(H,27,28);1-8,12,21H,9-11H2,(H,22,23);1-5H3. The van der Waals surface area contributed by atoms with E-state index in [0.717, 1.165) is 67.2 Å². The van der Waals surface area contributed by atoms with Gasteiger partial charge < -0.3 is 19.7 Å². The van der Waals surface area contributed by atoms with Gasteiger partial charge in [0.25, 0.3) is 0 Å². The number of aromatic nitrogens is 2. The lowest BCUT2D eigenvalue weighted by Gasteiger charge is -2.36. The van der Waals surface area contributed by atoms with E-state index in [0.29, 0.717) is 23.6 Å². The van der Waals surface area contributed by atoms with Crippen molar-refractivity contribution in [3.8, 4) is 22.3 Å². The van der Waals surface area contributed by atoms with Crippen molar-refractivity contribution < 1.29 is 29.3 Å². The summed E-state index contributed by atoms with van der Waals surface area (Å²) in [5, 5.41) is 30.2. The van der Waals surface area contributed by atoms with Gasteiger partial charge in [-0.15, -0.1) is 0 Å². The third-order valence-electron chi connectivity index (χ3n) is 11.7. The van der Waals surface area contributed by atoms with Crippen LogP contribution in [0.25, 0.3) is 44.1 Å². The van der Waals surface area contributed by atoms with Gasteiger partial charge in [-0.1, -0.05) is 152 Å². The molecule has 0 atom stereocenters. The Balaban J connectivity index is 0.000000233. The first-order chi connectivity index (χ1) is 28.6. The van der Waals surface area contributed by atoms with Gasteiger partial charge in [0.2, 0.25) is 0 Å². The Morgan fingerprint density at radius 3 is 1.33 bits per heavy atom. The van der Waals surface area contributed by atoms with Gasteiger partial charge in [-0.3, -0.25) is 19.6 Å². The molecule has 0 saturated carbocycles. The molecular formula is C50H63ClN2O6Si2. The minimum absolute atomic E-state index is 0.0497. The normalized spacial score (nSPS) is 12.0. The number of para-hydroxylation sites is 2. The van der Waals surface area contributed by atoms with E-state index in [-0.39, 0.29) is 24.5 Å². The first-order valence-electron chi connectivity index (χ1n) is 20.8. The summed E-state index contributed by atoms with van der Waals surface area (Å²) in [7, 11) is -3.19. The summed E-state index contributed by atoms with van der Waals surface area (Å²) < 4.78 is 6.37. The lowest BCUT2D eigenvalue weighted by molar-refractivity contribution is -0.137. The third kappa shape index (κ3) is 13.1. The molecule has 324 valence electrons. The van der Waals surface area contributed by atoms with Crippen molar-refractivity contribution in [3.63, 3.8) is 0 Å². The Hall–Kier alpha value is -4.72. The molecule has 0 spiro atoms. The van der Waals surface area contributed by atoms with Gasteiger partial charge in [-0.25, -0.2) is 0 Å². The summed E-state index contributed by atoms with van der Waals surface area (Å²) in [6, 6.07) is 31.7. The number of benzene rings is 4. The maximum Gasteiger partial charge on any atom is 0.307 e. The molecule has 4 aromatic carbocycles. The fourth-order valence-electron chi connectivity index (χ4n) is 6.29. The zero-order valence-corrected chi connectivity index (χ0v) is 40.2. The maximum absolute atomic E-state index is 11.4. The van der Waals surface area contributed by atoms with Crippen molar-refractivity contribution in [2.24, 2.45) is 0 Å². The number of aliphatic carboxylic acids is 2. The molecule has 0 amide bonds. The summed E-state index contributed by atoms with van der Waals surface area (Å²) in [6.45, 7) is 22.9. The molecule has 2 aromatic heterocycles. The van der Waals surface area contributed by atoms with E-state index in [1.165, 1.54) is 0 Å². The second-order valence-corrected chi connectivity index (χ2v) is 30.5. The number of carboxylic acid groups (broad SMARTS) is 2. The van der Waals surface area contributed by atoms with Crippen molar-refractivity contribution in [1.29, 1.82) is 0 Å². The molecule has 6 aromatic rings. The molecule has 0 aliphatic rings. The van der Waals surface area contributed by atoms with E-state index < -0.39 is 27.6 Å². The van der Waals surface area contributed by atoms with Crippen LogP contribution in [0.1, 0.15) is 63.8 Å². The van der Waals surface area contributed by atoms with E-state index in [2.05, 4.69) is 83.8 Å². The Kier molecular flexibility index (Phi) is 16.8. The number of aliphatic hydroxyl groups is 1. The predicted molar refractivity (Wildman–Crippen MR) is 258 cm³/mol. The average molecular weight is 880 g/mol. The molecule has 0 bridgehead atoms. The van der Waals surface area contributed by atoms with Crippen LogP contribution < -0.4 is 0 Å². The molecule has 6 rings (SSSR count). The third-order valence-corrected chi connectivity index (χ3v) is 21.5. The van der Waals surface area contributed by atoms with Crippen LogP contribution in [-0.4, -0.2) is 66.1 Å². The second kappa shape index (κ2) is 20.9. The van der Waals surface area contributed by atoms with Crippen molar-refractivity contribution in [1.82, 2.24) is 9.97 Å². The SMILES string of the molecule is CC(C)(C)[Si](C)(C)Cl.CC(C)(C)[Si](C)(C)OCCc1cccc2c(-c3ccccc3)c(CC(=O)O)cnc12.O=C(O)Cc1cnc2c(CCO)cccc2c1-c1ccccc1. The molecule has 61 heavy (non-hydrogen) atoms. The quantitative estimate of drug-likeness (QED) is 0.0818. The number of nitrogens with zero attached hydrogens (tertiary/aromatic N) is 2. The first-order valence-corrected chi connectivity index (χ1v) is 27.7. The van der Waals surface area contributed by atoms with Crippen LogP contribution in [0.4, 0.5) is 0 Å². The van der Waals surface area contributed by atoms with Crippen LogP contribution in [0.2, 0.25) is 36.3 Å². The lowest BCUT2D eigenvalue weighted by atomic mass is 9.93. The van der Waals surface area contributed by atoms with Gasteiger partial charge in [0.15, 0.2) is 15.7 Å². The Morgan fingerprint density at radius 1 is 0.590 bits per heavy atom. The number of carboxylic acids is 2. The molecule has 0 fully saturated rings. The number of rotatable bonds is 12. The molecule has 0 aliphatic carbocycles. The zero-order chi connectivity index (χ0) is 45.2. The van der Waals surface area contributed by atoms with Gasteiger partial charge in [0.05, 0.1) is 23.9 Å². The van der Waals surface area contributed by atoms with Gasteiger partial charge >= 0.3 is 11.9 Å². The highest BCUT2D eigenvalue weighted by Crippen LogP contribution is 2.39. The van der Waals surface area contributed by atoms with E-state index in [1.54, 1.807) is 12.4 Å². The summed E-state index contributed by atoms with van der Waals surface area (Å²) in [5.74, 6) is -1.73. The molecule has 0 unspecified atom stereocenters. The van der Waals surface area contributed by atoms with E-state index in [1.807, 2.05) is 91.0 Å². The second-order valence-electron chi connectivity index (χ2n) is 18.4. The molecule has 0 radical (unpaired) electrons. The Labute approximate surface area is 368 Å². The van der Waals surface area contributed by atoms with Crippen LogP contribution in [0.3, 0.4) is 0 Å². The number of aliphatic hydroxyl groups excluding tert-OH is 1. The number of hydrogen-bond donors (Lipinski definition) is 3. The molecular weight excluding hydrogens is 816 g/mol. The molecule has 0 aliphatic heterocycles. The highest BCUT2D eigenvalue weighted by atomic mass is 35.6. The highest BCUT2D eigenvalue weighted by molar-refractivity contribution is 7.20. The smallest absolute Gasteiger partial charge is 0.307 e. The summed E-state index contributed by atoms with van der Waals surface area (Å²) >= 11 is 6.15. The van der Waals surface area contributed by atoms with E-state index in [9.17, 15) is 24.9 Å². The largest absolute Gasteiger partial charge is 0.481 e. The zero-order valence-electron chi connectivity index (χ0n) is 37.5. The van der Waals surface area contributed by atoms with Gasteiger partial charge in [-0.05, 0) is 80.5 Å². The molecule has 0 saturated heterocycles. The molecule has 8 nitrogen and oxygen atoms in total. The summed E-state index contributed by atoms with van der Waals surface area (Å²) in [6.07, 6.45) is 4.54. The van der Waals surface area contributed by atoms with Gasteiger partial charge in [0, 0.05) is 36.4 Å². The number of pyridine rings is 2. The van der Waals surface area contributed by atoms with Crippen molar-refractivity contribution in [2.75, 3.05) is 13.2 Å². The minimum atomic E-state index is -1.80. The van der Waals surface area contributed by atoms with Crippen molar-refractivity contribution >= 4 is 60.5 Å². The van der Waals surface area contributed by atoms with Crippen molar-refractivity contribution in [2.45, 2.75) is 103 Å². The molecule has 11 heteroatoms.